The molecule has 1 aliphatic heterocycles. The number of piperidine rings is 1. The Bertz CT molecular complexity index is 745. The van der Waals surface area contributed by atoms with Gasteiger partial charge in [-0.2, -0.15) is 0 Å². The van der Waals surface area contributed by atoms with Crippen molar-refractivity contribution in [2.75, 3.05) is 53.7 Å². The summed E-state index contributed by atoms with van der Waals surface area (Å²) in [4.78, 5) is 13.8. The van der Waals surface area contributed by atoms with Gasteiger partial charge in [0.15, 0.2) is 0 Å². The van der Waals surface area contributed by atoms with Crippen LogP contribution in [0.3, 0.4) is 0 Å². The molecule has 1 aromatic rings. The largest absolute Gasteiger partial charge is 0.497 e. The Hall–Kier alpha value is -1.84. The molecule has 8 nitrogen and oxygen atoms in total. The summed E-state index contributed by atoms with van der Waals surface area (Å²) in [7, 11) is 3.33. The number of carbonyl (C=O) groups excluding carboxylic acids is 1. The van der Waals surface area contributed by atoms with E-state index in [0.29, 0.717) is 17.1 Å². The molecule has 1 amide bonds. The van der Waals surface area contributed by atoms with Crippen LogP contribution >= 0.6 is 0 Å². The topological polar surface area (TPSA) is 89.4 Å². The highest BCUT2D eigenvalue weighted by Crippen LogP contribution is 2.24. The third kappa shape index (κ3) is 5.57. The molecule has 0 aliphatic carbocycles. The van der Waals surface area contributed by atoms with E-state index in [1.165, 1.54) is 23.4 Å². The van der Waals surface area contributed by atoms with E-state index in [4.69, 9.17) is 9.47 Å². The third-order valence-corrected chi connectivity index (χ3v) is 6.96. The van der Waals surface area contributed by atoms with Crippen LogP contribution in [0.4, 0.5) is 0 Å². The number of benzene rings is 1. The molecular formula is C18H30N3O5S+. The second-order valence-electron chi connectivity index (χ2n) is 6.84. The number of sulfonamides is 1. The van der Waals surface area contributed by atoms with Gasteiger partial charge >= 0.3 is 0 Å². The zero-order chi connectivity index (χ0) is 20.0. The van der Waals surface area contributed by atoms with Gasteiger partial charge in [0.05, 0.1) is 45.7 Å². The number of likely N-dealkylation sites (tertiary alicyclic amines) is 1. The molecule has 0 bridgehead atoms. The summed E-state index contributed by atoms with van der Waals surface area (Å²) >= 11 is 0. The lowest BCUT2D eigenvalue weighted by molar-refractivity contribution is -0.885. The van der Waals surface area contributed by atoms with E-state index in [1.807, 2.05) is 0 Å². The van der Waals surface area contributed by atoms with Crippen molar-refractivity contribution in [3.63, 3.8) is 0 Å². The van der Waals surface area contributed by atoms with Crippen molar-refractivity contribution in [1.29, 1.82) is 0 Å². The van der Waals surface area contributed by atoms with Gasteiger partial charge in [0.2, 0.25) is 10.0 Å². The number of nitrogens with one attached hydrogen (secondary N) is 2. The molecule has 152 valence electrons. The molecule has 0 unspecified atom stereocenters. The molecule has 2 rings (SSSR count). The van der Waals surface area contributed by atoms with Gasteiger partial charge in [-0.05, 0) is 12.1 Å². The number of amides is 1. The van der Waals surface area contributed by atoms with Crippen LogP contribution in [0.2, 0.25) is 0 Å². The highest BCUT2D eigenvalue weighted by atomic mass is 32.2. The highest BCUT2D eigenvalue weighted by molar-refractivity contribution is 7.89. The van der Waals surface area contributed by atoms with E-state index in [9.17, 15) is 13.2 Å². The summed E-state index contributed by atoms with van der Waals surface area (Å²) in [6, 6.07) is 4.90. The molecule has 1 fully saturated rings. The summed E-state index contributed by atoms with van der Waals surface area (Å²) in [6.45, 7) is 1.98. The molecule has 1 heterocycles. The lowest BCUT2D eigenvalue weighted by Gasteiger charge is -2.32. The first-order valence-electron chi connectivity index (χ1n) is 9.05. The van der Waals surface area contributed by atoms with Crippen LogP contribution in [0.5, 0.6) is 11.5 Å². The number of methoxy groups -OCH3 is 2. The van der Waals surface area contributed by atoms with Crippen LogP contribution in [0.1, 0.15) is 23.2 Å². The Morgan fingerprint density at radius 2 is 1.93 bits per heavy atom. The van der Waals surface area contributed by atoms with Crippen molar-refractivity contribution in [2.24, 2.45) is 0 Å². The van der Waals surface area contributed by atoms with Gasteiger partial charge in [-0.3, -0.25) is 4.79 Å². The maximum atomic E-state index is 12.6. The van der Waals surface area contributed by atoms with Gasteiger partial charge in [0, 0.05) is 38.5 Å². The molecule has 2 N–H and O–H groups in total. The minimum Gasteiger partial charge on any atom is -0.497 e. The standard InChI is InChI=1S/C18H29N3O5S/c1-20-10-7-14(8-11-20)21(2)27(23,24)12-9-19-18(22)16-6-5-15(25-3)13-17(16)26-4/h5-6,13-14H,7-12H2,1-4H3,(H,19,22)/p+1. The molecule has 1 aromatic carbocycles. The average molecular weight is 401 g/mol. The molecule has 1 aliphatic rings. The Labute approximate surface area is 161 Å². The summed E-state index contributed by atoms with van der Waals surface area (Å²) in [5.74, 6) is 0.441. The van der Waals surface area contributed by atoms with Crippen LogP contribution in [-0.4, -0.2) is 78.4 Å². The number of rotatable bonds is 8. The van der Waals surface area contributed by atoms with E-state index in [1.54, 1.807) is 25.2 Å². The molecule has 0 atom stereocenters. The fraction of sp³-hybridized carbons (Fsp3) is 0.611. The maximum Gasteiger partial charge on any atom is 0.255 e. The van der Waals surface area contributed by atoms with E-state index in [-0.39, 0.29) is 24.2 Å². The lowest BCUT2D eigenvalue weighted by Crippen LogP contribution is -3.10. The summed E-state index contributed by atoms with van der Waals surface area (Å²) < 4.78 is 36.9. The highest BCUT2D eigenvalue weighted by Gasteiger charge is 2.30. The van der Waals surface area contributed by atoms with Crippen molar-refractivity contribution in [1.82, 2.24) is 9.62 Å². The Morgan fingerprint density at radius 1 is 1.26 bits per heavy atom. The van der Waals surface area contributed by atoms with Crippen LogP contribution in [-0.2, 0) is 10.0 Å². The fourth-order valence-corrected chi connectivity index (χ4v) is 4.52. The van der Waals surface area contributed by atoms with Crippen molar-refractivity contribution in [3.8, 4) is 11.5 Å². The Kier molecular flexibility index (Phi) is 7.46. The van der Waals surface area contributed by atoms with E-state index >= 15 is 0 Å². The first kappa shape index (κ1) is 21.5. The molecular weight excluding hydrogens is 370 g/mol. The van der Waals surface area contributed by atoms with Gasteiger partial charge in [-0.15, -0.1) is 0 Å². The number of ether oxygens (including phenoxy) is 2. The SMILES string of the molecule is COc1ccc(C(=O)NCCS(=O)(=O)N(C)C2CC[NH+](C)CC2)c(OC)c1. The molecule has 0 saturated carbocycles. The van der Waals surface area contributed by atoms with Crippen molar-refractivity contribution in [2.45, 2.75) is 18.9 Å². The van der Waals surface area contributed by atoms with Crippen molar-refractivity contribution >= 4 is 15.9 Å². The summed E-state index contributed by atoms with van der Waals surface area (Å²) in [5, 5.41) is 2.66. The molecule has 27 heavy (non-hydrogen) atoms. The van der Waals surface area contributed by atoms with Crippen LogP contribution in [0.25, 0.3) is 0 Å². The average Bonchev–Trinajstić information content (AvgIpc) is 2.67. The number of carbonyl (C=O) groups is 1. The number of quaternary nitrogens is 1. The van der Waals surface area contributed by atoms with Gasteiger partial charge < -0.3 is 19.7 Å². The van der Waals surface area contributed by atoms with Crippen molar-refractivity contribution < 1.29 is 27.6 Å². The first-order chi connectivity index (χ1) is 12.8. The monoisotopic (exact) mass is 400 g/mol. The van der Waals surface area contributed by atoms with E-state index < -0.39 is 10.0 Å². The van der Waals surface area contributed by atoms with Gasteiger partial charge in [0.25, 0.3) is 5.91 Å². The number of nitrogens with zero attached hydrogens (tertiary/aromatic N) is 1. The maximum absolute atomic E-state index is 12.6. The molecule has 9 heteroatoms. The lowest BCUT2D eigenvalue weighted by atomic mass is 10.1. The number of hydrogen-bond acceptors (Lipinski definition) is 5. The zero-order valence-corrected chi connectivity index (χ0v) is 17.3. The fourth-order valence-electron chi connectivity index (χ4n) is 3.20. The van der Waals surface area contributed by atoms with Crippen molar-refractivity contribution in [3.05, 3.63) is 23.8 Å². The molecule has 1 saturated heterocycles. The first-order valence-corrected chi connectivity index (χ1v) is 10.7. The smallest absolute Gasteiger partial charge is 0.255 e. The molecule has 0 aromatic heterocycles. The van der Waals surface area contributed by atoms with Gasteiger partial charge in [-0.25, -0.2) is 12.7 Å². The summed E-state index contributed by atoms with van der Waals surface area (Å²) in [6.07, 6.45) is 1.72. The van der Waals surface area contributed by atoms with Crippen LogP contribution in [0.15, 0.2) is 18.2 Å². The van der Waals surface area contributed by atoms with Crippen LogP contribution in [0, 0.1) is 0 Å². The minimum atomic E-state index is -3.42. The molecule has 0 spiro atoms. The Balaban J connectivity index is 1.92. The minimum absolute atomic E-state index is 0.0380. The third-order valence-electron chi connectivity index (χ3n) is 5.06. The van der Waals surface area contributed by atoms with E-state index in [2.05, 4.69) is 12.4 Å². The Morgan fingerprint density at radius 3 is 2.52 bits per heavy atom. The van der Waals surface area contributed by atoms with Gasteiger partial charge in [-0.1, -0.05) is 0 Å². The summed E-state index contributed by atoms with van der Waals surface area (Å²) in [5.41, 5.74) is 0.336. The predicted octanol–water partition coefficient (Wildman–Crippen LogP) is -0.628. The normalized spacial score (nSPS) is 20.3. The second kappa shape index (κ2) is 9.38. The van der Waals surface area contributed by atoms with Crippen LogP contribution < -0.4 is 19.7 Å². The second-order valence-corrected chi connectivity index (χ2v) is 8.99. The quantitative estimate of drug-likeness (QED) is 0.607. The number of hydrogen-bond donors (Lipinski definition) is 2. The van der Waals surface area contributed by atoms with E-state index in [0.717, 1.165) is 25.9 Å². The molecule has 0 radical (unpaired) electrons. The predicted molar refractivity (Wildman–Crippen MR) is 103 cm³/mol. The van der Waals surface area contributed by atoms with Gasteiger partial charge in [0.1, 0.15) is 11.5 Å². The zero-order valence-electron chi connectivity index (χ0n) is 16.4.